The number of ether oxygens (including phenoxy) is 1. The summed E-state index contributed by atoms with van der Waals surface area (Å²) in [4.78, 5) is 24.6. The van der Waals surface area contributed by atoms with E-state index in [4.69, 9.17) is 4.74 Å². The van der Waals surface area contributed by atoms with Crippen molar-refractivity contribution in [1.29, 1.82) is 0 Å². The zero-order valence-electron chi connectivity index (χ0n) is 9.24. The number of amides is 2. The second-order valence-electron chi connectivity index (χ2n) is 5.09. The van der Waals surface area contributed by atoms with Crippen molar-refractivity contribution in [2.45, 2.75) is 44.9 Å². The van der Waals surface area contributed by atoms with Crippen LogP contribution in [0.5, 0.6) is 0 Å². The normalized spacial score (nSPS) is 29.3. The minimum absolute atomic E-state index is 0.0582. The van der Waals surface area contributed by atoms with Crippen molar-refractivity contribution in [2.24, 2.45) is 0 Å². The highest BCUT2D eigenvalue weighted by Gasteiger charge is 2.47. The summed E-state index contributed by atoms with van der Waals surface area (Å²) in [5, 5.41) is 2.81. The van der Waals surface area contributed by atoms with Gasteiger partial charge in [-0.3, -0.25) is 9.69 Å². The molecule has 0 unspecified atom stereocenters. The molecule has 5 nitrogen and oxygen atoms in total. The Bertz CT molecular complexity index is 308. The van der Waals surface area contributed by atoms with E-state index in [2.05, 4.69) is 5.32 Å². The first-order chi connectivity index (χ1) is 6.87. The third-order valence-corrected chi connectivity index (χ3v) is 2.58. The van der Waals surface area contributed by atoms with Crippen molar-refractivity contribution in [3.05, 3.63) is 0 Å². The maximum absolute atomic E-state index is 11.7. The Morgan fingerprint density at radius 3 is 2.67 bits per heavy atom. The Morgan fingerprint density at radius 1 is 1.53 bits per heavy atom. The Hall–Kier alpha value is -1.26. The van der Waals surface area contributed by atoms with Crippen molar-refractivity contribution in [1.82, 2.24) is 10.2 Å². The van der Waals surface area contributed by atoms with Crippen LogP contribution in [0.1, 0.15) is 27.2 Å². The molecule has 2 bridgehead atoms. The van der Waals surface area contributed by atoms with Gasteiger partial charge in [0.05, 0.1) is 0 Å². The molecule has 0 aromatic carbocycles. The zero-order valence-corrected chi connectivity index (χ0v) is 9.24. The number of hydrogen-bond acceptors (Lipinski definition) is 3. The molecule has 2 amide bonds. The molecule has 2 aliphatic heterocycles. The van der Waals surface area contributed by atoms with Gasteiger partial charge in [0, 0.05) is 12.6 Å². The van der Waals surface area contributed by atoms with E-state index in [0.29, 0.717) is 6.54 Å². The monoisotopic (exact) mass is 212 g/mol. The lowest BCUT2D eigenvalue weighted by Gasteiger charge is -2.29. The van der Waals surface area contributed by atoms with Gasteiger partial charge in [-0.15, -0.1) is 0 Å². The molecule has 0 radical (unpaired) electrons. The van der Waals surface area contributed by atoms with Gasteiger partial charge < -0.3 is 10.1 Å². The van der Waals surface area contributed by atoms with Crippen LogP contribution in [0.2, 0.25) is 0 Å². The Morgan fingerprint density at radius 2 is 2.20 bits per heavy atom. The molecule has 0 aromatic heterocycles. The van der Waals surface area contributed by atoms with Gasteiger partial charge in [-0.1, -0.05) is 0 Å². The summed E-state index contributed by atoms with van der Waals surface area (Å²) < 4.78 is 5.23. The molecule has 2 atom stereocenters. The highest BCUT2D eigenvalue weighted by molar-refractivity contribution is 5.89. The summed E-state index contributed by atoms with van der Waals surface area (Å²) in [6.45, 7) is 6.03. The van der Waals surface area contributed by atoms with Gasteiger partial charge in [0.2, 0.25) is 5.91 Å². The molecule has 84 valence electrons. The van der Waals surface area contributed by atoms with Gasteiger partial charge in [0.25, 0.3) is 0 Å². The Labute approximate surface area is 88.8 Å². The number of nitrogens with zero attached hydrogens (tertiary/aromatic N) is 1. The largest absolute Gasteiger partial charge is 0.444 e. The van der Waals surface area contributed by atoms with E-state index in [1.165, 1.54) is 4.90 Å². The molecular weight excluding hydrogens is 196 g/mol. The molecule has 0 aliphatic carbocycles. The van der Waals surface area contributed by atoms with E-state index in [0.717, 1.165) is 6.42 Å². The molecule has 2 rings (SSSR count). The van der Waals surface area contributed by atoms with E-state index >= 15 is 0 Å². The third-order valence-electron chi connectivity index (χ3n) is 2.58. The van der Waals surface area contributed by atoms with Crippen molar-refractivity contribution in [3.8, 4) is 0 Å². The predicted molar refractivity (Wildman–Crippen MR) is 53.3 cm³/mol. The van der Waals surface area contributed by atoms with Crippen LogP contribution < -0.4 is 5.32 Å². The standard InChI is InChI=1S/C10H16N2O3/c1-10(2,3)15-9(14)12-5-6-4-7(12)8(13)11-6/h6-7H,4-5H2,1-3H3,(H,11,13)/t6-,7-/m1/s1. The Balaban J connectivity index is 2.01. The van der Waals surface area contributed by atoms with Crippen LogP contribution in [0.15, 0.2) is 0 Å². The average molecular weight is 212 g/mol. The van der Waals surface area contributed by atoms with Crippen molar-refractivity contribution >= 4 is 12.0 Å². The lowest BCUT2D eigenvalue weighted by Crippen LogP contribution is -2.51. The van der Waals surface area contributed by atoms with Crippen molar-refractivity contribution in [3.63, 3.8) is 0 Å². The summed E-state index contributed by atoms with van der Waals surface area (Å²) in [5.41, 5.74) is -0.505. The van der Waals surface area contributed by atoms with Gasteiger partial charge in [0.15, 0.2) is 0 Å². The van der Waals surface area contributed by atoms with Gasteiger partial charge in [-0.05, 0) is 27.2 Å². The average Bonchev–Trinajstić information content (AvgIpc) is 2.58. The third kappa shape index (κ3) is 1.91. The molecular formula is C10H16N2O3. The minimum Gasteiger partial charge on any atom is -0.444 e. The molecule has 0 spiro atoms. The highest BCUT2D eigenvalue weighted by atomic mass is 16.6. The second-order valence-corrected chi connectivity index (χ2v) is 5.09. The number of piperazine rings is 1. The molecule has 2 saturated heterocycles. The van der Waals surface area contributed by atoms with Crippen LogP contribution >= 0.6 is 0 Å². The molecule has 2 aliphatic rings. The number of hydrogen-bond donors (Lipinski definition) is 1. The van der Waals surface area contributed by atoms with Crippen LogP contribution in [0.4, 0.5) is 4.79 Å². The smallest absolute Gasteiger partial charge is 0.411 e. The number of carbonyl (C=O) groups is 2. The van der Waals surface area contributed by atoms with E-state index in [1.54, 1.807) is 0 Å². The first kappa shape index (κ1) is 10.3. The van der Waals surface area contributed by atoms with E-state index < -0.39 is 5.60 Å². The summed E-state index contributed by atoms with van der Waals surface area (Å²) in [6, 6.07) is -0.195. The summed E-state index contributed by atoms with van der Waals surface area (Å²) in [6.07, 6.45) is 0.336. The second kappa shape index (κ2) is 3.12. The van der Waals surface area contributed by atoms with Gasteiger partial charge in [-0.25, -0.2) is 4.79 Å². The molecule has 15 heavy (non-hydrogen) atoms. The van der Waals surface area contributed by atoms with Crippen LogP contribution in [0, 0.1) is 0 Å². The molecule has 2 heterocycles. The molecule has 5 heteroatoms. The van der Waals surface area contributed by atoms with Crippen LogP contribution in [-0.4, -0.2) is 41.1 Å². The molecule has 1 N–H and O–H groups in total. The quantitative estimate of drug-likeness (QED) is 0.636. The zero-order chi connectivity index (χ0) is 11.2. The SMILES string of the molecule is CC(C)(C)OC(=O)N1C[C@H]2C[C@@H]1C(=O)N2. The van der Waals surface area contributed by atoms with E-state index in [9.17, 15) is 9.59 Å². The Kier molecular flexibility index (Phi) is 2.13. The maximum atomic E-state index is 11.7. The number of likely N-dealkylation sites (tertiary alicyclic amines) is 1. The number of nitrogens with one attached hydrogen (secondary N) is 1. The van der Waals surface area contributed by atoms with E-state index in [1.807, 2.05) is 20.8 Å². The predicted octanol–water partition coefficient (Wildman–Crippen LogP) is 0.494. The highest BCUT2D eigenvalue weighted by Crippen LogP contribution is 2.26. The lowest BCUT2D eigenvalue weighted by atomic mass is 10.2. The van der Waals surface area contributed by atoms with Gasteiger partial charge in [-0.2, -0.15) is 0 Å². The molecule has 2 fully saturated rings. The number of fused-ring (bicyclic) bond motifs is 2. The lowest BCUT2D eigenvalue weighted by molar-refractivity contribution is -0.125. The van der Waals surface area contributed by atoms with Crippen LogP contribution in [0.25, 0.3) is 0 Å². The van der Waals surface area contributed by atoms with Crippen LogP contribution in [-0.2, 0) is 9.53 Å². The van der Waals surface area contributed by atoms with Crippen molar-refractivity contribution in [2.75, 3.05) is 6.54 Å². The van der Waals surface area contributed by atoms with Crippen molar-refractivity contribution < 1.29 is 14.3 Å². The molecule has 0 aromatic rings. The summed E-state index contributed by atoms with van der Waals surface area (Å²) in [5.74, 6) is -0.0582. The van der Waals surface area contributed by atoms with Crippen LogP contribution in [0.3, 0.4) is 0 Å². The minimum atomic E-state index is -0.505. The fourth-order valence-electron chi connectivity index (χ4n) is 2.01. The number of carbonyl (C=O) groups excluding carboxylic acids is 2. The fourth-order valence-corrected chi connectivity index (χ4v) is 2.01. The summed E-state index contributed by atoms with van der Waals surface area (Å²) >= 11 is 0. The fraction of sp³-hybridized carbons (Fsp3) is 0.800. The maximum Gasteiger partial charge on any atom is 0.411 e. The van der Waals surface area contributed by atoms with Gasteiger partial charge in [0.1, 0.15) is 11.6 Å². The number of rotatable bonds is 0. The van der Waals surface area contributed by atoms with Gasteiger partial charge >= 0.3 is 6.09 Å². The van der Waals surface area contributed by atoms with E-state index in [-0.39, 0.29) is 24.1 Å². The first-order valence-electron chi connectivity index (χ1n) is 5.17. The summed E-state index contributed by atoms with van der Waals surface area (Å²) in [7, 11) is 0. The topological polar surface area (TPSA) is 58.6 Å². The first-order valence-corrected chi connectivity index (χ1v) is 5.17. The molecule has 0 saturated carbocycles.